The van der Waals surface area contributed by atoms with E-state index in [-0.39, 0.29) is 11.8 Å². The number of amides is 2. The Balaban J connectivity index is 2.18. The van der Waals surface area contributed by atoms with E-state index in [4.69, 9.17) is 4.74 Å². The van der Waals surface area contributed by atoms with Crippen LogP contribution in [-0.4, -0.2) is 36.9 Å². The third-order valence-corrected chi connectivity index (χ3v) is 3.85. The zero-order chi connectivity index (χ0) is 18.4. The van der Waals surface area contributed by atoms with Crippen molar-refractivity contribution in [3.05, 3.63) is 59.7 Å². The first-order valence-electron chi connectivity index (χ1n) is 8.27. The molecule has 0 fully saturated rings. The van der Waals surface area contributed by atoms with Crippen molar-refractivity contribution in [3.63, 3.8) is 0 Å². The predicted molar refractivity (Wildman–Crippen MR) is 99.0 cm³/mol. The Morgan fingerprint density at radius 1 is 1.08 bits per heavy atom. The van der Waals surface area contributed by atoms with Gasteiger partial charge in [-0.15, -0.1) is 0 Å². The van der Waals surface area contributed by atoms with Crippen molar-refractivity contribution < 1.29 is 14.3 Å². The fraction of sp³-hybridized carbons (Fsp3) is 0.300. The minimum absolute atomic E-state index is 0.163. The third-order valence-electron chi connectivity index (χ3n) is 3.85. The molecule has 2 amide bonds. The number of para-hydroxylation sites is 2. The first-order chi connectivity index (χ1) is 11.9. The standard InChI is InChI=1S/C20H24N2O3/c1-5-17(25-18-13-9-6-10-14(18)2)19(23)21-16-12-8-7-11-15(16)20(24)22(3)4/h6-13,17H,5H2,1-4H3,(H,21,23). The van der Waals surface area contributed by atoms with Crippen molar-refractivity contribution in [2.45, 2.75) is 26.4 Å². The lowest BCUT2D eigenvalue weighted by Gasteiger charge is -2.20. The molecule has 0 bridgehead atoms. The highest BCUT2D eigenvalue weighted by Gasteiger charge is 2.21. The van der Waals surface area contributed by atoms with E-state index in [9.17, 15) is 9.59 Å². The largest absolute Gasteiger partial charge is 0.480 e. The number of carbonyl (C=O) groups excluding carboxylic acids is 2. The lowest BCUT2D eigenvalue weighted by atomic mass is 10.1. The second-order valence-electron chi connectivity index (χ2n) is 6.01. The molecule has 1 N–H and O–H groups in total. The van der Waals surface area contributed by atoms with Crippen molar-refractivity contribution in [3.8, 4) is 5.75 Å². The van der Waals surface area contributed by atoms with Gasteiger partial charge in [-0.3, -0.25) is 9.59 Å². The Bertz CT molecular complexity index is 756. The van der Waals surface area contributed by atoms with E-state index < -0.39 is 6.10 Å². The number of nitrogens with zero attached hydrogens (tertiary/aromatic N) is 1. The average Bonchev–Trinajstić information content (AvgIpc) is 2.60. The van der Waals surface area contributed by atoms with E-state index in [1.807, 2.05) is 38.1 Å². The van der Waals surface area contributed by atoms with Gasteiger partial charge in [-0.1, -0.05) is 37.3 Å². The molecule has 1 atom stereocenters. The highest BCUT2D eigenvalue weighted by Crippen LogP contribution is 2.21. The summed E-state index contributed by atoms with van der Waals surface area (Å²) in [5, 5.41) is 2.83. The van der Waals surface area contributed by atoms with Crippen molar-refractivity contribution in [2.75, 3.05) is 19.4 Å². The van der Waals surface area contributed by atoms with Crippen LogP contribution < -0.4 is 10.1 Å². The minimum atomic E-state index is -0.636. The SMILES string of the molecule is CCC(Oc1ccccc1C)C(=O)Nc1ccccc1C(=O)N(C)C. The molecule has 0 spiro atoms. The lowest BCUT2D eigenvalue weighted by Crippen LogP contribution is -2.33. The fourth-order valence-electron chi connectivity index (χ4n) is 2.40. The first-order valence-corrected chi connectivity index (χ1v) is 8.27. The summed E-state index contributed by atoms with van der Waals surface area (Å²) in [6.07, 6.45) is -0.118. The van der Waals surface area contributed by atoms with Gasteiger partial charge < -0.3 is 15.0 Å². The monoisotopic (exact) mass is 340 g/mol. The topological polar surface area (TPSA) is 58.6 Å². The van der Waals surface area contributed by atoms with Crippen LogP contribution in [0.5, 0.6) is 5.75 Å². The van der Waals surface area contributed by atoms with Gasteiger partial charge in [-0.25, -0.2) is 0 Å². The quantitative estimate of drug-likeness (QED) is 0.876. The molecule has 0 radical (unpaired) electrons. The second-order valence-corrected chi connectivity index (χ2v) is 6.01. The van der Waals surface area contributed by atoms with Crippen LogP contribution in [-0.2, 0) is 4.79 Å². The Labute approximate surface area is 148 Å². The average molecular weight is 340 g/mol. The minimum Gasteiger partial charge on any atom is -0.480 e. The van der Waals surface area contributed by atoms with Crippen LogP contribution in [0.25, 0.3) is 0 Å². The fourth-order valence-corrected chi connectivity index (χ4v) is 2.40. The molecule has 132 valence electrons. The van der Waals surface area contributed by atoms with Gasteiger partial charge in [0.25, 0.3) is 11.8 Å². The Kier molecular flexibility index (Phi) is 6.17. The predicted octanol–water partition coefficient (Wildman–Crippen LogP) is 3.49. The van der Waals surface area contributed by atoms with Gasteiger partial charge in [0.05, 0.1) is 11.3 Å². The number of aryl methyl sites for hydroxylation is 1. The maximum absolute atomic E-state index is 12.6. The van der Waals surface area contributed by atoms with Gasteiger partial charge in [-0.2, -0.15) is 0 Å². The smallest absolute Gasteiger partial charge is 0.265 e. The van der Waals surface area contributed by atoms with Crippen LogP contribution in [0.3, 0.4) is 0 Å². The van der Waals surface area contributed by atoms with Gasteiger partial charge in [0.1, 0.15) is 5.75 Å². The Morgan fingerprint density at radius 2 is 1.72 bits per heavy atom. The van der Waals surface area contributed by atoms with E-state index in [0.717, 1.165) is 5.56 Å². The van der Waals surface area contributed by atoms with E-state index in [2.05, 4.69) is 5.32 Å². The molecular formula is C20H24N2O3. The molecule has 0 aliphatic rings. The molecule has 1 unspecified atom stereocenters. The number of anilines is 1. The van der Waals surface area contributed by atoms with Gasteiger partial charge in [-0.05, 0) is 37.1 Å². The zero-order valence-electron chi connectivity index (χ0n) is 15.1. The molecule has 0 saturated heterocycles. The van der Waals surface area contributed by atoms with Crippen molar-refractivity contribution in [1.82, 2.24) is 4.90 Å². The molecule has 0 aliphatic heterocycles. The normalized spacial score (nSPS) is 11.5. The molecule has 5 nitrogen and oxygen atoms in total. The first kappa shape index (κ1) is 18.5. The van der Waals surface area contributed by atoms with Gasteiger partial charge >= 0.3 is 0 Å². The van der Waals surface area contributed by atoms with Crippen LogP contribution in [0.15, 0.2) is 48.5 Å². The van der Waals surface area contributed by atoms with Crippen LogP contribution in [0.4, 0.5) is 5.69 Å². The molecule has 2 aromatic rings. The summed E-state index contributed by atoms with van der Waals surface area (Å²) in [5.74, 6) is 0.246. The van der Waals surface area contributed by atoms with Crippen LogP contribution in [0.1, 0.15) is 29.3 Å². The van der Waals surface area contributed by atoms with E-state index >= 15 is 0 Å². The van der Waals surface area contributed by atoms with Gasteiger partial charge in [0, 0.05) is 14.1 Å². The van der Waals surface area contributed by atoms with Crippen LogP contribution in [0.2, 0.25) is 0 Å². The summed E-state index contributed by atoms with van der Waals surface area (Å²) in [6.45, 7) is 3.82. The maximum Gasteiger partial charge on any atom is 0.265 e. The molecule has 2 rings (SSSR count). The molecule has 2 aromatic carbocycles. The number of ether oxygens (including phenoxy) is 1. The lowest BCUT2D eigenvalue weighted by molar-refractivity contribution is -0.122. The molecule has 0 saturated carbocycles. The molecule has 25 heavy (non-hydrogen) atoms. The van der Waals surface area contributed by atoms with Gasteiger partial charge in [0.2, 0.25) is 0 Å². The highest BCUT2D eigenvalue weighted by molar-refractivity contribution is 6.04. The van der Waals surface area contributed by atoms with E-state index in [1.54, 1.807) is 38.4 Å². The van der Waals surface area contributed by atoms with Gasteiger partial charge in [0.15, 0.2) is 6.10 Å². The number of hydrogen-bond acceptors (Lipinski definition) is 3. The summed E-state index contributed by atoms with van der Waals surface area (Å²) in [7, 11) is 3.36. The van der Waals surface area contributed by atoms with Crippen molar-refractivity contribution >= 4 is 17.5 Å². The molecular weight excluding hydrogens is 316 g/mol. The molecule has 0 aliphatic carbocycles. The highest BCUT2D eigenvalue weighted by atomic mass is 16.5. The summed E-state index contributed by atoms with van der Waals surface area (Å²) >= 11 is 0. The number of benzene rings is 2. The Morgan fingerprint density at radius 3 is 2.36 bits per heavy atom. The number of carbonyl (C=O) groups is 2. The van der Waals surface area contributed by atoms with Crippen molar-refractivity contribution in [1.29, 1.82) is 0 Å². The molecule has 5 heteroatoms. The molecule has 0 aromatic heterocycles. The third kappa shape index (κ3) is 4.59. The summed E-state index contributed by atoms with van der Waals surface area (Å²) in [6, 6.07) is 14.5. The van der Waals surface area contributed by atoms with E-state index in [1.165, 1.54) is 4.90 Å². The number of nitrogens with one attached hydrogen (secondary N) is 1. The zero-order valence-corrected chi connectivity index (χ0v) is 15.1. The van der Waals surface area contributed by atoms with Crippen LogP contribution in [0, 0.1) is 6.92 Å². The number of hydrogen-bond donors (Lipinski definition) is 1. The Hall–Kier alpha value is -2.82. The van der Waals surface area contributed by atoms with Crippen molar-refractivity contribution in [2.24, 2.45) is 0 Å². The molecule has 0 heterocycles. The summed E-state index contributed by atoms with van der Waals surface area (Å²) in [4.78, 5) is 26.4. The van der Waals surface area contributed by atoms with Crippen LogP contribution >= 0.6 is 0 Å². The number of rotatable bonds is 6. The summed E-state index contributed by atoms with van der Waals surface area (Å²) in [5.41, 5.74) is 1.90. The van der Waals surface area contributed by atoms with E-state index in [0.29, 0.717) is 23.4 Å². The second kappa shape index (κ2) is 8.33. The summed E-state index contributed by atoms with van der Waals surface area (Å²) < 4.78 is 5.87. The maximum atomic E-state index is 12.6.